The highest BCUT2D eigenvalue weighted by molar-refractivity contribution is 5.78. The van der Waals surface area contributed by atoms with Gasteiger partial charge in [-0.05, 0) is 24.5 Å². The largest absolute Gasteiger partial charge is 0.342 e. The molecule has 0 saturated carbocycles. The van der Waals surface area contributed by atoms with Gasteiger partial charge in [-0.2, -0.15) is 0 Å². The first-order valence-corrected chi connectivity index (χ1v) is 10.2. The van der Waals surface area contributed by atoms with Gasteiger partial charge in [0, 0.05) is 52.0 Å². The first-order valence-electron chi connectivity index (χ1n) is 10.2. The molecule has 2 aromatic rings. The van der Waals surface area contributed by atoms with Crippen molar-refractivity contribution in [2.45, 2.75) is 45.1 Å². The van der Waals surface area contributed by atoms with E-state index in [1.807, 2.05) is 4.90 Å². The zero-order valence-electron chi connectivity index (χ0n) is 16.7. The number of halogens is 1. The first kappa shape index (κ1) is 19.5. The molecule has 0 spiro atoms. The fourth-order valence-corrected chi connectivity index (χ4v) is 4.29. The van der Waals surface area contributed by atoms with Gasteiger partial charge in [-0.1, -0.05) is 18.2 Å². The van der Waals surface area contributed by atoms with E-state index in [2.05, 4.69) is 14.8 Å². The molecular weight excluding hydrogens is 373 g/mol. The highest BCUT2D eigenvalue weighted by Gasteiger charge is 2.29. The maximum Gasteiger partial charge on any atom is 0.227 e. The molecule has 3 heterocycles. The van der Waals surface area contributed by atoms with Gasteiger partial charge in [0.15, 0.2) is 0 Å². The van der Waals surface area contributed by atoms with Crippen LogP contribution < -0.4 is 0 Å². The summed E-state index contributed by atoms with van der Waals surface area (Å²) in [6, 6.07) is 6.41. The van der Waals surface area contributed by atoms with E-state index in [4.69, 9.17) is 0 Å². The van der Waals surface area contributed by atoms with Crippen LogP contribution in [-0.4, -0.2) is 62.6 Å². The third-order valence-corrected chi connectivity index (χ3v) is 5.94. The molecule has 154 valence electrons. The van der Waals surface area contributed by atoms with Crippen molar-refractivity contribution in [3.63, 3.8) is 0 Å². The van der Waals surface area contributed by atoms with Crippen molar-refractivity contribution < 1.29 is 14.0 Å². The Labute approximate surface area is 169 Å². The van der Waals surface area contributed by atoms with Gasteiger partial charge in [-0.15, -0.1) is 10.2 Å². The Hall–Kier alpha value is -2.77. The Morgan fingerprint density at radius 1 is 1.10 bits per heavy atom. The molecule has 0 unspecified atom stereocenters. The highest BCUT2D eigenvalue weighted by atomic mass is 19.1. The summed E-state index contributed by atoms with van der Waals surface area (Å²) in [6.07, 6.45) is 2.63. The topological polar surface area (TPSA) is 71.3 Å². The predicted molar refractivity (Wildman–Crippen MR) is 105 cm³/mol. The molecule has 1 aromatic carbocycles. The van der Waals surface area contributed by atoms with Gasteiger partial charge in [0.25, 0.3) is 0 Å². The number of likely N-dealkylation sites (tertiary alicyclic amines) is 1. The average Bonchev–Trinajstić information content (AvgIpc) is 3.01. The summed E-state index contributed by atoms with van der Waals surface area (Å²) in [5.41, 5.74) is 0.424. The minimum absolute atomic E-state index is 0.0658. The fraction of sp³-hybridized carbons (Fsp3) is 0.524. The average molecular weight is 399 g/mol. The fourth-order valence-electron chi connectivity index (χ4n) is 4.29. The van der Waals surface area contributed by atoms with Crippen molar-refractivity contribution in [3.8, 4) is 0 Å². The van der Waals surface area contributed by atoms with Gasteiger partial charge in [0.05, 0.1) is 6.42 Å². The van der Waals surface area contributed by atoms with E-state index < -0.39 is 0 Å². The number of rotatable bonds is 3. The Morgan fingerprint density at radius 3 is 2.72 bits per heavy atom. The van der Waals surface area contributed by atoms with Crippen molar-refractivity contribution in [3.05, 3.63) is 47.3 Å². The second-order valence-electron chi connectivity index (χ2n) is 7.83. The van der Waals surface area contributed by atoms with Crippen molar-refractivity contribution in [2.75, 3.05) is 26.2 Å². The Morgan fingerprint density at radius 2 is 1.93 bits per heavy atom. The van der Waals surface area contributed by atoms with Crippen LogP contribution in [0.3, 0.4) is 0 Å². The van der Waals surface area contributed by atoms with Crippen molar-refractivity contribution in [1.29, 1.82) is 0 Å². The van der Waals surface area contributed by atoms with Crippen LogP contribution in [0.4, 0.5) is 4.39 Å². The Kier molecular flexibility index (Phi) is 5.60. The van der Waals surface area contributed by atoms with Gasteiger partial charge in [-0.3, -0.25) is 9.59 Å². The van der Waals surface area contributed by atoms with Gasteiger partial charge in [0.1, 0.15) is 17.5 Å². The van der Waals surface area contributed by atoms with E-state index in [9.17, 15) is 14.0 Å². The van der Waals surface area contributed by atoms with Crippen LogP contribution in [0.1, 0.15) is 42.9 Å². The standard InChI is InChI=1S/C21H26FN5O2/c1-15(28)26-9-4-6-17(14-26)21-24-23-19-8-10-25(11-12-27(19)21)20(29)13-16-5-2-3-7-18(16)22/h2-3,5,7,17H,4,6,8-14H2,1H3/t17-/m1/s1. The summed E-state index contributed by atoms with van der Waals surface area (Å²) < 4.78 is 16.0. The molecule has 29 heavy (non-hydrogen) atoms. The van der Waals surface area contributed by atoms with Gasteiger partial charge >= 0.3 is 0 Å². The predicted octanol–water partition coefficient (Wildman–Crippen LogP) is 1.77. The second-order valence-corrected chi connectivity index (χ2v) is 7.83. The van der Waals surface area contributed by atoms with Crippen LogP contribution in [0, 0.1) is 5.82 Å². The number of amides is 2. The Bertz CT molecular complexity index is 912. The molecule has 2 aliphatic heterocycles. The number of hydrogen-bond donors (Lipinski definition) is 0. The Balaban J connectivity index is 1.44. The molecule has 1 atom stereocenters. The normalized spacial score (nSPS) is 19.6. The molecule has 1 saturated heterocycles. The summed E-state index contributed by atoms with van der Waals surface area (Å²) in [5.74, 6) is 1.64. The van der Waals surface area contributed by atoms with Crippen LogP contribution in [0.15, 0.2) is 24.3 Å². The summed E-state index contributed by atoms with van der Waals surface area (Å²) in [4.78, 5) is 28.1. The number of aromatic nitrogens is 3. The van der Waals surface area contributed by atoms with Crippen LogP contribution in [-0.2, 0) is 29.0 Å². The van der Waals surface area contributed by atoms with Crippen molar-refractivity contribution in [2.24, 2.45) is 0 Å². The minimum atomic E-state index is -0.345. The quantitative estimate of drug-likeness (QED) is 0.789. The monoisotopic (exact) mass is 399 g/mol. The maximum atomic E-state index is 13.9. The highest BCUT2D eigenvalue weighted by Crippen LogP contribution is 2.27. The lowest BCUT2D eigenvalue weighted by atomic mass is 9.97. The first-order chi connectivity index (χ1) is 14.0. The summed E-state index contributed by atoms with van der Waals surface area (Å²) in [5, 5.41) is 8.79. The lowest BCUT2D eigenvalue weighted by Gasteiger charge is -2.31. The number of hydrogen-bond acceptors (Lipinski definition) is 4. The third-order valence-electron chi connectivity index (χ3n) is 5.94. The molecule has 0 N–H and O–H groups in total. The summed E-state index contributed by atoms with van der Waals surface area (Å²) in [7, 11) is 0. The zero-order valence-corrected chi connectivity index (χ0v) is 16.7. The minimum Gasteiger partial charge on any atom is -0.342 e. The van der Waals surface area contributed by atoms with E-state index in [1.165, 1.54) is 6.07 Å². The van der Waals surface area contributed by atoms with Crippen LogP contribution in [0.2, 0.25) is 0 Å². The molecule has 2 aliphatic rings. The van der Waals surface area contributed by atoms with Gasteiger partial charge in [-0.25, -0.2) is 4.39 Å². The van der Waals surface area contributed by atoms with Crippen LogP contribution in [0.5, 0.6) is 0 Å². The second kappa shape index (κ2) is 8.31. The molecular formula is C21H26FN5O2. The van der Waals surface area contributed by atoms with Gasteiger partial charge in [0.2, 0.25) is 11.8 Å². The number of benzene rings is 1. The van der Waals surface area contributed by atoms with Crippen molar-refractivity contribution in [1.82, 2.24) is 24.6 Å². The molecule has 1 fully saturated rings. The number of fused-ring (bicyclic) bond motifs is 1. The molecule has 0 radical (unpaired) electrons. The van der Waals surface area contributed by atoms with Crippen LogP contribution in [0.25, 0.3) is 0 Å². The van der Waals surface area contributed by atoms with Crippen molar-refractivity contribution >= 4 is 11.8 Å². The van der Waals surface area contributed by atoms with E-state index in [-0.39, 0.29) is 30.0 Å². The molecule has 8 heteroatoms. The number of carbonyl (C=O) groups is 2. The van der Waals surface area contributed by atoms with E-state index in [1.54, 1.807) is 30.0 Å². The van der Waals surface area contributed by atoms with Crippen LogP contribution >= 0.6 is 0 Å². The van der Waals surface area contributed by atoms with E-state index >= 15 is 0 Å². The number of nitrogens with zero attached hydrogens (tertiary/aromatic N) is 5. The zero-order chi connectivity index (χ0) is 20.4. The lowest BCUT2D eigenvalue weighted by molar-refractivity contribution is -0.131. The van der Waals surface area contributed by atoms with Gasteiger partial charge < -0.3 is 14.4 Å². The molecule has 4 rings (SSSR count). The van der Waals surface area contributed by atoms with E-state index in [0.717, 1.165) is 31.0 Å². The lowest BCUT2D eigenvalue weighted by Crippen LogP contribution is -2.38. The molecule has 0 aliphatic carbocycles. The third kappa shape index (κ3) is 4.16. The molecule has 7 nitrogen and oxygen atoms in total. The molecule has 1 aromatic heterocycles. The summed E-state index contributed by atoms with van der Waals surface area (Å²) >= 11 is 0. The molecule has 0 bridgehead atoms. The molecule has 2 amide bonds. The SMILES string of the molecule is CC(=O)N1CCC[C@@H](c2nnc3n2CCN(C(=O)Cc2ccccc2F)CC3)C1. The smallest absolute Gasteiger partial charge is 0.227 e. The summed E-state index contributed by atoms with van der Waals surface area (Å²) in [6.45, 7) is 4.79. The van der Waals surface area contributed by atoms with E-state index in [0.29, 0.717) is 38.2 Å². The maximum absolute atomic E-state index is 13.9. The number of piperidine rings is 1. The number of carbonyl (C=O) groups excluding carboxylic acids is 2.